The quantitative estimate of drug-likeness (QED) is 0.607. The van der Waals surface area contributed by atoms with E-state index in [4.69, 9.17) is 0 Å². The van der Waals surface area contributed by atoms with Crippen LogP contribution in [0.4, 0.5) is 0 Å². The first-order valence-electron chi connectivity index (χ1n) is 6.62. The van der Waals surface area contributed by atoms with Gasteiger partial charge in [0.25, 0.3) is 0 Å². The number of ketones is 1. The molecule has 0 radical (unpaired) electrons. The van der Waals surface area contributed by atoms with Crippen molar-refractivity contribution < 1.29 is 4.79 Å². The van der Waals surface area contributed by atoms with Crippen molar-refractivity contribution in [1.82, 2.24) is 0 Å². The van der Waals surface area contributed by atoms with E-state index in [9.17, 15) is 4.79 Å². The van der Waals surface area contributed by atoms with Crippen LogP contribution in [0.1, 0.15) is 59.3 Å². The molecule has 2 aliphatic carbocycles. The predicted molar refractivity (Wildman–Crippen MR) is 67.2 cm³/mol. The minimum atomic E-state index is -0.132. The van der Waals surface area contributed by atoms with E-state index < -0.39 is 0 Å². The second-order valence-electron chi connectivity index (χ2n) is 6.39. The van der Waals surface area contributed by atoms with Crippen molar-refractivity contribution in [3.05, 3.63) is 12.2 Å². The van der Waals surface area contributed by atoms with Gasteiger partial charge in [-0.2, -0.15) is 0 Å². The number of carbonyl (C=O) groups excluding carboxylic acids is 1. The van der Waals surface area contributed by atoms with Gasteiger partial charge in [-0.05, 0) is 38.0 Å². The van der Waals surface area contributed by atoms with Crippen LogP contribution in [-0.4, -0.2) is 5.78 Å². The van der Waals surface area contributed by atoms with Gasteiger partial charge in [0.2, 0.25) is 0 Å². The third-order valence-electron chi connectivity index (χ3n) is 5.44. The molecule has 0 aromatic rings. The summed E-state index contributed by atoms with van der Waals surface area (Å²) < 4.78 is 0. The molecule has 90 valence electrons. The second-order valence-corrected chi connectivity index (χ2v) is 6.39. The topological polar surface area (TPSA) is 17.1 Å². The van der Waals surface area contributed by atoms with Gasteiger partial charge in [-0.15, -0.1) is 0 Å². The lowest BCUT2D eigenvalue weighted by Gasteiger charge is -2.47. The van der Waals surface area contributed by atoms with Crippen LogP contribution in [-0.2, 0) is 4.79 Å². The molecule has 1 heteroatoms. The highest BCUT2D eigenvalue weighted by Gasteiger charge is 2.53. The Labute approximate surface area is 99.3 Å². The minimum absolute atomic E-state index is 0.0736. The van der Waals surface area contributed by atoms with Gasteiger partial charge in [0.15, 0.2) is 0 Å². The van der Waals surface area contributed by atoms with Crippen molar-refractivity contribution in [2.45, 2.75) is 59.3 Å². The Kier molecular flexibility index (Phi) is 2.76. The molecule has 2 aliphatic rings. The molecule has 3 atom stereocenters. The zero-order chi connectivity index (χ0) is 12.0. The van der Waals surface area contributed by atoms with Crippen molar-refractivity contribution in [3.63, 3.8) is 0 Å². The SMILES string of the molecule is C=C1CCC[C@@]1(C)[C@]1(C)CC[C@H](C)CC1=O. The first-order chi connectivity index (χ1) is 7.40. The maximum Gasteiger partial charge on any atom is 0.139 e. The van der Waals surface area contributed by atoms with Crippen LogP contribution in [0.3, 0.4) is 0 Å². The highest BCUT2D eigenvalue weighted by Crippen LogP contribution is 2.58. The van der Waals surface area contributed by atoms with Gasteiger partial charge in [0.05, 0.1) is 0 Å². The summed E-state index contributed by atoms with van der Waals surface area (Å²) in [6, 6.07) is 0. The van der Waals surface area contributed by atoms with Crippen LogP contribution in [0.15, 0.2) is 12.2 Å². The largest absolute Gasteiger partial charge is 0.299 e. The summed E-state index contributed by atoms with van der Waals surface area (Å²) in [7, 11) is 0. The fraction of sp³-hybridized carbons (Fsp3) is 0.800. The van der Waals surface area contributed by atoms with E-state index in [0.717, 1.165) is 25.7 Å². The van der Waals surface area contributed by atoms with Crippen LogP contribution in [0.5, 0.6) is 0 Å². The maximum atomic E-state index is 12.4. The van der Waals surface area contributed by atoms with Gasteiger partial charge < -0.3 is 0 Å². The summed E-state index contributed by atoms with van der Waals surface area (Å²) >= 11 is 0. The van der Waals surface area contributed by atoms with E-state index in [2.05, 4.69) is 27.4 Å². The Bertz CT molecular complexity index is 330. The van der Waals surface area contributed by atoms with Crippen LogP contribution in [0, 0.1) is 16.7 Å². The molecule has 0 spiro atoms. The normalized spacial score (nSPS) is 45.1. The fourth-order valence-corrected chi connectivity index (χ4v) is 3.68. The number of Topliss-reactive ketones (excluding diaryl/α,β-unsaturated/α-hetero) is 1. The van der Waals surface area contributed by atoms with Crippen LogP contribution >= 0.6 is 0 Å². The van der Waals surface area contributed by atoms with Crippen LogP contribution in [0.25, 0.3) is 0 Å². The lowest BCUT2D eigenvalue weighted by Crippen LogP contribution is -2.46. The van der Waals surface area contributed by atoms with E-state index in [0.29, 0.717) is 11.7 Å². The number of rotatable bonds is 1. The Morgan fingerprint density at radius 2 is 1.94 bits per heavy atom. The summed E-state index contributed by atoms with van der Waals surface area (Å²) in [6.45, 7) is 10.9. The molecular weight excluding hydrogens is 196 g/mol. The van der Waals surface area contributed by atoms with E-state index >= 15 is 0 Å². The Morgan fingerprint density at radius 3 is 2.44 bits per heavy atom. The predicted octanol–water partition coefficient (Wildman–Crippen LogP) is 4.13. The van der Waals surface area contributed by atoms with Gasteiger partial charge in [-0.3, -0.25) is 4.79 Å². The van der Waals surface area contributed by atoms with Gasteiger partial charge in [0.1, 0.15) is 5.78 Å². The number of carbonyl (C=O) groups is 1. The van der Waals surface area contributed by atoms with Crippen molar-refractivity contribution in [2.75, 3.05) is 0 Å². The third kappa shape index (κ3) is 1.48. The number of allylic oxidation sites excluding steroid dienone is 1. The molecule has 0 bridgehead atoms. The minimum Gasteiger partial charge on any atom is -0.299 e. The molecule has 2 fully saturated rings. The van der Waals surface area contributed by atoms with E-state index in [1.807, 2.05) is 0 Å². The Hall–Kier alpha value is -0.590. The zero-order valence-electron chi connectivity index (χ0n) is 10.9. The monoisotopic (exact) mass is 220 g/mol. The summed E-state index contributed by atoms with van der Waals surface area (Å²) in [5.41, 5.74) is 1.26. The van der Waals surface area contributed by atoms with Gasteiger partial charge >= 0.3 is 0 Å². The molecular formula is C15H24O. The van der Waals surface area contributed by atoms with Crippen molar-refractivity contribution in [1.29, 1.82) is 0 Å². The maximum absolute atomic E-state index is 12.4. The van der Waals surface area contributed by atoms with Gasteiger partial charge in [-0.25, -0.2) is 0 Å². The summed E-state index contributed by atoms with van der Waals surface area (Å²) in [6.07, 6.45) is 6.53. The first-order valence-corrected chi connectivity index (χ1v) is 6.62. The molecule has 0 unspecified atom stereocenters. The summed E-state index contributed by atoms with van der Waals surface area (Å²) in [4.78, 5) is 12.4. The summed E-state index contributed by atoms with van der Waals surface area (Å²) in [5.74, 6) is 1.07. The molecule has 0 aliphatic heterocycles. The van der Waals surface area contributed by atoms with E-state index in [-0.39, 0.29) is 10.8 Å². The van der Waals surface area contributed by atoms with Gasteiger partial charge in [-0.1, -0.05) is 32.9 Å². The molecule has 2 saturated carbocycles. The number of hydrogen-bond donors (Lipinski definition) is 0. The molecule has 0 amide bonds. The first kappa shape index (κ1) is 11.9. The average molecular weight is 220 g/mol. The Morgan fingerprint density at radius 1 is 1.25 bits per heavy atom. The highest BCUT2D eigenvalue weighted by molar-refractivity contribution is 5.86. The van der Waals surface area contributed by atoms with Crippen molar-refractivity contribution in [3.8, 4) is 0 Å². The number of hydrogen-bond acceptors (Lipinski definition) is 1. The second kappa shape index (κ2) is 3.72. The van der Waals surface area contributed by atoms with Crippen molar-refractivity contribution in [2.24, 2.45) is 16.7 Å². The standard InChI is InChI=1S/C15H24O/c1-11-7-9-15(4,13(16)10-11)14(3)8-5-6-12(14)2/h11H,2,5-10H2,1,3-4H3/t11-,14+,15+/m0/s1. The molecule has 0 aromatic carbocycles. The Balaban J connectivity index is 2.31. The van der Waals surface area contributed by atoms with Crippen LogP contribution < -0.4 is 0 Å². The zero-order valence-corrected chi connectivity index (χ0v) is 10.9. The smallest absolute Gasteiger partial charge is 0.139 e. The fourth-order valence-electron chi connectivity index (χ4n) is 3.68. The lowest BCUT2D eigenvalue weighted by atomic mass is 9.55. The van der Waals surface area contributed by atoms with E-state index in [1.54, 1.807) is 0 Å². The van der Waals surface area contributed by atoms with Gasteiger partial charge in [0, 0.05) is 17.3 Å². The molecule has 1 nitrogen and oxygen atoms in total. The molecule has 0 saturated heterocycles. The molecule has 16 heavy (non-hydrogen) atoms. The lowest BCUT2D eigenvalue weighted by molar-refractivity contribution is -0.138. The molecule has 0 N–H and O–H groups in total. The highest BCUT2D eigenvalue weighted by atomic mass is 16.1. The summed E-state index contributed by atoms with van der Waals surface area (Å²) in [5, 5.41) is 0. The molecule has 2 rings (SSSR count). The van der Waals surface area contributed by atoms with E-state index in [1.165, 1.54) is 18.4 Å². The average Bonchev–Trinajstić information content (AvgIpc) is 2.55. The molecule has 0 aromatic heterocycles. The van der Waals surface area contributed by atoms with Crippen molar-refractivity contribution >= 4 is 5.78 Å². The third-order valence-corrected chi connectivity index (χ3v) is 5.44. The molecule has 0 heterocycles. The van der Waals surface area contributed by atoms with Crippen LogP contribution in [0.2, 0.25) is 0 Å².